The van der Waals surface area contributed by atoms with Gasteiger partial charge in [0, 0.05) is 42.6 Å². The van der Waals surface area contributed by atoms with E-state index in [9.17, 15) is 22.4 Å². The molecule has 4 rings (SSSR count). The summed E-state index contributed by atoms with van der Waals surface area (Å²) in [7, 11) is 0. The van der Waals surface area contributed by atoms with Gasteiger partial charge in [0.15, 0.2) is 0 Å². The molecule has 0 bridgehead atoms. The van der Waals surface area contributed by atoms with Crippen LogP contribution < -0.4 is 5.32 Å². The SMILES string of the molecule is CC(C)c1ncc(C(=O)Nc2c(-c3cc(F)ccc3F)ncnc2C2CCC(F)(F)CC2C)cn1. The molecule has 0 radical (unpaired) electrons. The number of rotatable bonds is 5. The Labute approximate surface area is 200 Å². The minimum Gasteiger partial charge on any atom is -0.318 e. The molecule has 2 aromatic heterocycles. The third-order valence-electron chi connectivity index (χ3n) is 6.23. The molecule has 1 saturated carbocycles. The monoisotopic (exact) mass is 487 g/mol. The van der Waals surface area contributed by atoms with Gasteiger partial charge in [-0.3, -0.25) is 4.79 Å². The van der Waals surface area contributed by atoms with E-state index >= 15 is 0 Å². The number of amides is 1. The average molecular weight is 488 g/mol. The summed E-state index contributed by atoms with van der Waals surface area (Å²) in [4.78, 5) is 29.9. The first kappa shape index (κ1) is 24.7. The molecule has 0 spiro atoms. The number of hydrogen-bond donors (Lipinski definition) is 1. The number of halogens is 4. The maximum atomic E-state index is 14.7. The Morgan fingerprint density at radius 2 is 1.83 bits per heavy atom. The topological polar surface area (TPSA) is 80.7 Å². The van der Waals surface area contributed by atoms with E-state index in [4.69, 9.17) is 0 Å². The molecule has 1 aliphatic carbocycles. The van der Waals surface area contributed by atoms with Crippen LogP contribution in [0.25, 0.3) is 11.3 Å². The first-order chi connectivity index (χ1) is 16.6. The van der Waals surface area contributed by atoms with Crippen LogP contribution in [0, 0.1) is 17.6 Å². The van der Waals surface area contributed by atoms with E-state index in [-0.39, 0.29) is 47.7 Å². The summed E-state index contributed by atoms with van der Waals surface area (Å²) in [6, 6.07) is 2.90. The van der Waals surface area contributed by atoms with Crippen LogP contribution >= 0.6 is 0 Å². The Kier molecular flexibility index (Phi) is 6.82. The highest BCUT2D eigenvalue weighted by Gasteiger charge is 2.41. The molecule has 0 saturated heterocycles. The molecule has 2 unspecified atom stereocenters. The molecule has 2 heterocycles. The Hall–Kier alpha value is -3.43. The van der Waals surface area contributed by atoms with Gasteiger partial charge in [0.05, 0.1) is 16.9 Å². The standard InChI is InChI=1S/C25H25F4N5O/c1-13(2)23-30-10-15(11-31-23)24(35)34-22-20(17-6-7-25(28,29)9-14(17)3)32-12-33-21(22)18-8-16(26)4-5-19(18)27/h4-5,8,10-14,17H,6-7,9H2,1-3H3,(H,34,35). The summed E-state index contributed by atoms with van der Waals surface area (Å²) in [6.07, 6.45) is 3.34. The van der Waals surface area contributed by atoms with E-state index in [1.54, 1.807) is 6.92 Å². The van der Waals surface area contributed by atoms with Crippen molar-refractivity contribution in [3.05, 3.63) is 65.6 Å². The zero-order chi connectivity index (χ0) is 25.3. The van der Waals surface area contributed by atoms with Crippen molar-refractivity contribution < 1.29 is 22.4 Å². The summed E-state index contributed by atoms with van der Waals surface area (Å²) in [5.41, 5.74) is 0.276. The van der Waals surface area contributed by atoms with Crippen molar-refractivity contribution in [3.8, 4) is 11.3 Å². The van der Waals surface area contributed by atoms with Crippen LogP contribution in [-0.2, 0) is 0 Å². The fraction of sp³-hybridized carbons (Fsp3) is 0.400. The van der Waals surface area contributed by atoms with E-state index in [0.29, 0.717) is 11.5 Å². The zero-order valence-corrected chi connectivity index (χ0v) is 19.5. The molecule has 1 aromatic carbocycles. The van der Waals surface area contributed by atoms with Gasteiger partial charge in [-0.2, -0.15) is 0 Å². The number of aromatic nitrogens is 4. The summed E-state index contributed by atoms with van der Waals surface area (Å²) in [5, 5.41) is 2.71. The minimum atomic E-state index is -2.79. The molecule has 6 nitrogen and oxygen atoms in total. The quantitative estimate of drug-likeness (QED) is 0.438. The Morgan fingerprint density at radius 3 is 2.49 bits per heavy atom. The van der Waals surface area contributed by atoms with Crippen LogP contribution in [0.4, 0.5) is 23.2 Å². The lowest BCUT2D eigenvalue weighted by molar-refractivity contribution is -0.0558. The third kappa shape index (κ3) is 5.31. The van der Waals surface area contributed by atoms with Gasteiger partial charge in [0.25, 0.3) is 5.91 Å². The Morgan fingerprint density at radius 1 is 1.11 bits per heavy atom. The lowest BCUT2D eigenvalue weighted by Gasteiger charge is -2.34. The van der Waals surface area contributed by atoms with Gasteiger partial charge >= 0.3 is 0 Å². The number of nitrogens with zero attached hydrogens (tertiary/aromatic N) is 4. The number of carbonyl (C=O) groups is 1. The lowest BCUT2D eigenvalue weighted by Crippen LogP contribution is -2.31. The Bertz CT molecular complexity index is 1230. The van der Waals surface area contributed by atoms with Crippen LogP contribution in [0.2, 0.25) is 0 Å². The average Bonchev–Trinajstić information content (AvgIpc) is 2.80. The molecule has 1 fully saturated rings. The molecule has 184 valence electrons. The molecule has 1 amide bonds. The predicted octanol–water partition coefficient (Wildman–Crippen LogP) is 6.13. The first-order valence-electron chi connectivity index (χ1n) is 11.4. The second kappa shape index (κ2) is 9.67. The molecule has 3 aromatic rings. The van der Waals surface area contributed by atoms with Gasteiger partial charge < -0.3 is 5.32 Å². The lowest BCUT2D eigenvalue weighted by atomic mass is 9.76. The number of benzene rings is 1. The van der Waals surface area contributed by atoms with Crippen LogP contribution in [-0.4, -0.2) is 31.8 Å². The van der Waals surface area contributed by atoms with Gasteiger partial charge in [-0.1, -0.05) is 20.8 Å². The second-order valence-corrected chi connectivity index (χ2v) is 9.23. The largest absolute Gasteiger partial charge is 0.318 e. The first-order valence-corrected chi connectivity index (χ1v) is 11.4. The van der Waals surface area contributed by atoms with E-state index in [2.05, 4.69) is 25.3 Å². The fourth-order valence-corrected chi connectivity index (χ4v) is 4.40. The highest BCUT2D eigenvalue weighted by Crippen LogP contribution is 2.47. The summed E-state index contributed by atoms with van der Waals surface area (Å²) in [6.45, 7) is 5.51. The normalized spacial score (nSPS) is 19.5. The van der Waals surface area contributed by atoms with Crippen molar-refractivity contribution in [1.82, 2.24) is 19.9 Å². The molecule has 1 N–H and O–H groups in total. The van der Waals surface area contributed by atoms with Crippen LogP contribution in [0.5, 0.6) is 0 Å². The van der Waals surface area contributed by atoms with Crippen molar-refractivity contribution in [3.63, 3.8) is 0 Å². The smallest absolute Gasteiger partial charge is 0.258 e. The second-order valence-electron chi connectivity index (χ2n) is 9.23. The van der Waals surface area contributed by atoms with Gasteiger partial charge in [-0.25, -0.2) is 37.5 Å². The predicted molar refractivity (Wildman–Crippen MR) is 122 cm³/mol. The third-order valence-corrected chi connectivity index (χ3v) is 6.23. The highest BCUT2D eigenvalue weighted by molar-refractivity contribution is 6.06. The van der Waals surface area contributed by atoms with Crippen molar-refractivity contribution in [2.24, 2.45) is 5.92 Å². The number of hydrogen-bond acceptors (Lipinski definition) is 5. The van der Waals surface area contributed by atoms with Crippen molar-refractivity contribution in [2.75, 3.05) is 5.32 Å². The van der Waals surface area contributed by atoms with E-state index in [0.717, 1.165) is 18.2 Å². The summed E-state index contributed by atoms with van der Waals surface area (Å²) < 4.78 is 56.7. The summed E-state index contributed by atoms with van der Waals surface area (Å²) in [5.74, 6) is -5.13. The number of nitrogens with one attached hydrogen (secondary N) is 1. The van der Waals surface area contributed by atoms with E-state index < -0.39 is 35.3 Å². The zero-order valence-electron chi connectivity index (χ0n) is 19.5. The maximum Gasteiger partial charge on any atom is 0.258 e. The molecule has 10 heteroatoms. The highest BCUT2D eigenvalue weighted by atomic mass is 19.3. The van der Waals surface area contributed by atoms with Gasteiger partial charge in [-0.05, 0) is 30.5 Å². The molecular formula is C25H25F4N5O. The molecule has 35 heavy (non-hydrogen) atoms. The van der Waals surface area contributed by atoms with Crippen molar-refractivity contribution in [2.45, 2.75) is 57.8 Å². The fourth-order valence-electron chi connectivity index (χ4n) is 4.40. The Balaban J connectivity index is 1.79. The molecule has 0 aliphatic heterocycles. The number of carbonyl (C=O) groups excluding carboxylic acids is 1. The molecule has 1 aliphatic rings. The van der Waals surface area contributed by atoms with Gasteiger partial charge in [-0.15, -0.1) is 0 Å². The molecular weight excluding hydrogens is 462 g/mol. The molecule has 2 atom stereocenters. The van der Waals surface area contributed by atoms with Crippen LogP contribution in [0.3, 0.4) is 0 Å². The van der Waals surface area contributed by atoms with Crippen LogP contribution in [0.15, 0.2) is 36.9 Å². The minimum absolute atomic E-state index is 0.0374. The van der Waals surface area contributed by atoms with E-state index in [1.165, 1.54) is 18.7 Å². The maximum absolute atomic E-state index is 14.7. The van der Waals surface area contributed by atoms with Gasteiger partial charge in [0.1, 0.15) is 29.5 Å². The van der Waals surface area contributed by atoms with Gasteiger partial charge in [0.2, 0.25) is 5.92 Å². The van der Waals surface area contributed by atoms with Crippen LogP contribution in [0.1, 0.15) is 73.7 Å². The van der Waals surface area contributed by atoms with Crippen molar-refractivity contribution in [1.29, 1.82) is 0 Å². The number of alkyl halides is 2. The van der Waals surface area contributed by atoms with Crippen molar-refractivity contribution >= 4 is 11.6 Å². The van der Waals surface area contributed by atoms with E-state index in [1.807, 2.05) is 13.8 Å². The summed E-state index contributed by atoms with van der Waals surface area (Å²) >= 11 is 0. The number of anilines is 1.